The van der Waals surface area contributed by atoms with Gasteiger partial charge in [0.25, 0.3) is 0 Å². The molecule has 0 radical (unpaired) electrons. The Balaban J connectivity index is 2.53. The normalized spacial score (nSPS) is 15.6. The minimum Gasteiger partial charge on any atom is -0.387 e. The van der Waals surface area contributed by atoms with E-state index in [9.17, 15) is 5.11 Å². The van der Waals surface area contributed by atoms with Crippen molar-refractivity contribution in [3.8, 4) is 0 Å². The molecule has 14 heavy (non-hydrogen) atoms. The van der Waals surface area contributed by atoms with Crippen molar-refractivity contribution in [3.63, 3.8) is 0 Å². The van der Waals surface area contributed by atoms with Gasteiger partial charge in [-0.1, -0.05) is 6.07 Å². The van der Waals surface area contributed by atoms with Crippen molar-refractivity contribution in [1.29, 1.82) is 0 Å². The monoisotopic (exact) mass is 190 g/mol. The van der Waals surface area contributed by atoms with E-state index < -0.39 is 6.10 Å². The van der Waals surface area contributed by atoms with E-state index in [1.54, 1.807) is 6.92 Å². The first-order valence-corrected chi connectivity index (χ1v) is 4.69. The number of aliphatic hydroxyl groups excluding tert-OH is 1. The molecular formula is C11H14N2O. The molecule has 0 aromatic carbocycles. The second-order valence-electron chi connectivity index (χ2n) is 3.57. The van der Waals surface area contributed by atoms with Crippen LogP contribution in [0.2, 0.25) is 0 Å². The van der Waals surface area contributed by atoms with Crippen LogP contribution < -0.4 is 5.73 Å². The summed E-state index contributed by atoms with van der Waals surface area (Å²) in [6, 6.07) is 7.54. The fourth-order valence-electron chi connectivity index (χ4n) is 1.61. The molecule has 0 aliphatic heterocycles. The third-order valence-electron chi connectivity index (χ3n) is 2.42. The summed E-state index contributed by atoms with van der Waals surface area (Å²) in [5, 5.41) is 9.85. The van der Waals surface area contributed by atoms with Crippen LogP contribution in [0.3, 0.4) is 0 Å². The molecule has 0 spiro atoms. The van der Waals surface area contributed by atoms with Gasteiger partial charge in [-0.2, -0.15) is 0 Å². The van der Waals surface area contributed by atoms with Crippen LogP contribution in [0.5, 0.6) is 0 Å². The highest BCUT2D eigenvalue weighted by molar-refractivity contribution is 5.56. The molecule has 0 saturated carbocycles. The Morgan fingerprint density at radius 1 is 1.29 bits per heavy atom. The smallest absolute Gasteiger partial charge is 0.0958 e. The quantitative estimate of drug-likeness (QED) is 0.750. The molecule has 3 N–H and O–H groups in total. The molecule has 3 heteroatoms. The Morgan fingerprint density at radius 3 is 2.79 bits per heavy atom. The van der Waals surface area contributed by atoms with Crippen LogP contribution in [0, 0.1) is 0 Å². The highest BCUT2D eigenvalue weighted by Crippen LogP contribution is 2.21. The average Bonchev–Trinajstić information content (AvgIpc) is 2.60. The summed E-state index contributed by atoms with van der Waals surface area (Å²) in [4.78, 5) is 0. The van der Waals surface area contributed by atoms with Gasteiger partial charge >= 0.3 is 0 Å². The van der Waals surface area contributed by atoms with E-state index in [4.69, 9.17) is 5.73 Å². The zero-order valence-corrected chi connectivity index (χ0v) is 8.09. The van der Waals surface area contributed by atoms with Gasteiger partial charge in [0, 0.05) is 24.0 Å². The SMILES string of the molecule is C[C@@H](N)[C@H](O)c1ccn2ccccc12. The van der Waals surface area contributed by atoms with Gasteiger partial charge in [0.05, 0.1) is 11.6 Å². The zero-order chi connectivity index (χ0) is 10.1. The van der Waals surface area contributed by atoms with Gasteiger partial charge in [0.2, 0.25) is 0 Å². The minimum atomic E-state index is -0.595. The van der Waals surface area contributed by atoms with E-state index in [1.807, 2.05) is 41.1 Å². The maximum absolute atomic E-state index is 9.85. The molecule has 0 aliphatic carbocycles. The number of rotatable bonds is 2. The van der Waals surface area contributed by atoms with Gasteiger partial charge in [-0.05, 0) is 25.1 Å². The first-order chi connectivity index (χ1) is 6.70. The van der Waals surface area contributed by atoms with E-state index >= 15 is 0 Å². The van der Waals surface area contributed by atoms with Crippen molar-refractivity contribution in [2.45, 2.75) is 19.1 Å². The summed E-state index contributed by atoms with van der Waals surface area (Å²) < 4.78 is 1.97. The fraction of sp³-hybridized carbons (Fsp3) is 0.273. The first-order valence-electron chi connectivity index (χ1n) is 4.69. The largest absolute Gasteiger partial charge is 0.387 e. The van der Waals surface area contributed by atoms with E-state index in [0.717, 1.165) is 11.1 Å². The molecule has 2 atom stereocenters. The minimum absolute atomic E-state index is 0.249. The summed E-state index contributed by atoms with van der Waals surface area (Å²) >= 11 is 0. The van der Waals surface area contributed by atoms with Crippen molar-refractivity contribution in [3.05, 3.63) is 42.2 Å². The van der Waals surface area contributed by atoms with Gasteiger partial charge in [-0.3, -0.25) is 0 Å². The molecular weight excluding hydrogens is 176 g/mol. The van der Waals surface area contributed by atoms with Gasteiger partial charge in [-0.25, -0.2) is 0 Å². The number of hydrogen-bond donors (Lipinski definition) is 2. The maximum Gasteiger partial charge on any atom is 0.0958 e. The molecule has 3 nitrogen and oxygen atoms in total. The van der Waals surface area contributed by atoms with Crippen LogP contribution in [0.4, 0.5) is 0 Å². The van der Waals surface area contributed by atoms with E-state index in [0.29, 0.717) is 0 Å². The summed E-state index contributed by atoms with van der Waals surface area (Å²) in [6.45, 7) is 1.80. The summed E-state index contributed by atoms with van der Waals surface area (Å²) in [5.74, 6) is 0. The Bertz CT molecular complexity index is 434. The van der Waals surface area contributed by atoms with Gasteiger partial charge in [-0.15, -0.1) is 0 Å². The molecule has 2 aromatic rings. The molecule has 0 fully saturated rings. The number of pyridine rings is 1. The zero-order valence-electron chi connectivity index (χ0n) is 8.09. The van der Waals surface area contributed by atoms with Gasteiger partial charge < -0.3 is 15.2 Å². The molecule has 2 aromatic heterocycles. The lowest BCUT2D eigenvalue weighted by Gasteiger charge is -2.13. The fourth-order valence-corrected chi connectivity index (χ4v) is 1.61. The number of nitrogens with two attached hydrogens (primary N) is 1. The molecule has 0 aliphatic rings. The Hall–Kier alpha value is -1.32. The van der Waals surface area contributed by atoms with Crippen LogP contribution >= 0.6 is 0 Å². The number of fused-ring (bicyclic) bond motifs is 1. The lowest BCUT2D eigenvalue weighted by atomic mass is 10.1. The Morgan fingerprint density at radius 2 is 2.07 bits per heavy atom. The first kappa shape index (κ1) is 9.24. The Kier molecular flexibility index (Phi) is 2.27. The highest BCUT2D eigenvalue weighted by Gasteiger charge is 2.15. The molecule has 74 valence electrons. The lowest BCUT2D eigenvalue weighted by Crippen LogP contribution is -2.24. The summed E-state index contributed by atoms with van der Waals surface area (Å²) in [5.41, 5.74) is 7.56. The average molecular weight is 190 g/mol. The number of aromatic nitrogens is 1. The standard InChI is InChI=1S/C11H14N2O/c1-8(12)11(14)9-5-7-13-6-3-2-4-10(9)13/h2-8,11,14H,12H2,1H3/t8-,11+/m1/s1. The van der Waals surface area contributed by atoms with Crippen LogP contribution in [0.1, 0.15) is 18.6 Å². The molecule has 0 unspecified atom stereocenters. The van der Waals surface area contributed by atoms with Crippen molar-refractivity contribution < 1.29 is 5.11 Å². The van der Waals surface area contributed by atoms with Crippen molar-refractivity contribution >= 4 is 5.52 Å². The topological polar surface area (TPSA) is 50.7 Å². The predicted octanol–water partition coefficient (Wildman–Crippen LogP) is 1.32. The third-order valence-corrected chi connectivity index (χ3v) is 2.42. The molecule has 0 saturated heterocycles. The van der Waals surface area contributed by atoms with Gasteiger partial charge in [0.15, 0.2) is 0 Å². The number of hydrogen-bond acceptors (Lipinski definition) is 2. The van der Waals surface area contributed by atoms with Crippen LogP contribution in [0.25, 0.3) is 5.52 Å². The number of aliphatic hydroxyl groups is 1. The second kappa shape index (κ2) is 3.44. The Labute approximate surface area is 82.8 Å². The molecule has 2 heterocycles. The van der Waals surface area contributed by atoms with E-state index in [-0.39, 0.29) is 6.04 Å². The van der Waals surface area contributed by atoms with Crippen molar-refractivity contribution in [2.75, 3.05) is 0 Å². The summed E-state index contributed by atoms with van der Waals surface area (Å²) in [7, 11) is 0. The summed E-state index contributed by atoms with van der Waals surface area (Å²) in [6.07, 6.45) is 3.28. The van der Waals surface area contributed by atoms with Crippen LogP contribution in [-0.4, -0.2) is 15.5 Å². The molecule has 0 amide bonds. The van der Waals surface area contributed by atoms with Crippen molar-refractivity contribution in [1.82, 2.24) is 4.40 Å². The second-order valence-corrected chi connectivity index (χ2v) is 3.57. The highest BCUT2D eigenvalue weighted by atomic mass is 16.3. The van der Waals surface area contributed by atoms with E-state index in [1.165, 1.54) is 0 Å². The van der Waals surface area contributed by atoms with Crippen molar-refractivity contribution in [2.24, 2.45) is 5.73 Å². The number of nitrogens with zero attached hydrogens (tertiary/aromatic N) is 1. The molecule has 0 bridgehead atoms. The van der Waals surface area contributed by atoms with Gasteiger partial charge in [0.1, 0.15) is 0 Å². The van der Waals surface area contributed by atoms with Crippen LogP contribution in [0.15, 0.2) is 36.7 Å². The third kappa shape index (κ3) is 1.41. The van der Waals surface area contributed by atoms with Crippen LogP contribution in [-0.2, 0) is 0 Å². The van der Waals surface area contributed by atoms with E-state index in [2.05, 4.69) is 0 Å². The molecule has 2 rings (SSSR count). The maximum atomic E-state index is 9.85. The predicted molar refractivity (Wildman–Crippen MR) is 56.0 cm³/mol. The lowest BCUT2D eigenvalue weighted by molar-refractivity contribution is 0.155.